The van der Waals surface area contributed by atoms with Crippen LogP contribution in [-0.2, 0) is 4.79 Å². The van der Waals surface area contributed by atoms with Crippen molar-refractivity contribution < 1.29 is 9.90 Å². The molecule has 0 bridgehead atoms. The average Bonchev–Trinajstić information content (AvgIpc) is 2.40. The van der Waals surface area contributed by atoms with E-state index < -0.39 is 12.0 Å². The molecule has 1 heterocycles. The molecule has 2 atom stereocenters. The van der Waals surface area contributed by atoms with Crippen molar-refractivity contribution in [1.29, 1.82) is 0 Å². The van der Waals surface area contributed by atoms with Crippen LogP contribution in [0, 0.1) is 0 Å². The van der Waals surface area contributed by atoms with Crippen LogP contribution in [0.2, 0.25) is 5.02 Å². The maximum absolute atomic E-state index is 11.4. The van der Waals surface area contributed by atoms with Gasteiger partial charge >= 0.3 is 5.97 Å². The first-order valence-corrected chi connectivity index (χ1v) is 6.96. The molecule has 2 unspecified atom stereocenters. The van der Waals surface area contributed by atoms with Crippen LogP contribution >= 0.6 is 11.6 Å². The van der Waals surface area contributed by atoms with Crippen molar-refractivity contribution in [2.45, 2.75) is 25.4 Å². The van der Waals surface area contributed by atoms with E-state index in [9.17, 15) is 9.90 Å². The Bertz CT molecular complexity index is 453. The summed E-state index contributed by atoms with van der Waals surface area (Å²) in [5.74, 6) is -0.771. The summed E-state index contributed by atoms with van der Waals surface area (Å²) in [6.07, 6.45) is 0.865. The van der Waals surface area contributed by atoms with E-state index in [4.69, 9.17) is 11.6 Å². The second-order valence-electron chi connectivity index (χ2n) is 4.78. The van der Waals surface area contributed by atoms with Crippen molar-refractivity contribution in [3.63, 3.8) is 0 Å². The molecule has 1 aromatic carbocycles. The highest BCUT2D eigenvalue weighted by Gasteiger charge is 2.33. The molecule has 0 aliphatic carbocycles. The number of nitrogens with one attached hydrogen (secondary N) is 1. The fraction of sp³-hybridized carbons (Fsp3) is 0.500. The van der Waals surface area contributed by atoms with E-state index in [1.54, 1.807) is 0 Å². The summed E-state index contributed by atoms with van der Waals surface area (Å²) in [4.78, 5) is 13.4. The fourth-order valence-corrected chi connectivity index (χ4v) is 2.90. The monoisotopic (exact) mass is 282 g/mol. The third kappa shape index (κ3) is 3.26. The topological polar surface area (TPSA) is 52.6 Å². The number of hydrogen-bond acceptors (Lipinski definition) is 3. The van der Waals surface area contributed by atoms with E-state index >= 15 is 0 Å². The summed E-state index contributed by atoms with van der Waals surface area (Å²) < 4.78 is 0. The molecule has 1 fully saturated rings. The largest absolute Gasteiger partial charge is 0.480 e. The minimum atomic E-state index is -0.771. The van der Waals surface area contributed by atoms with Gasteiger partial charge in [-0.15, -0.1) is 0 Å². The standard InChI is InChI=1S/C14H19ClN2O2/c1-2-12(10-4-3-5-11(15)8-10)17-7-6-16-9-13(17)14(18)19/h3-5,8,12-13,16H,2,6-7,9H2,1H3,(H,18,19). The summed E-state index contributed by atoms with van der Waals surface area (Å²) >= 11 is 6.04. The lowest BCUT2D eigenvalue weighted by molar-refractivity contribution is -0.145. The van der Waals surface area contributed by atoms with Crippen molar-refractivity contribution in [2.24, 2.45) is 0 Å². The Labute approximate surface area is 118 Å². The molecule has 1 aliphatic heterocycles. The van der Waals surface area contributed by atoms with Gasteiger partial charge in [-0.05, 0) is 24.1 Å². The summed E-state index contributed by atoms with van der Waals surface area (Å²) in [5, 5.41) is 13.2. The van der Waals surface area contributed by atoms with Crippen molar-refractivity contribution in [3.8, 4) is 0 Å². The van der Waals surface area contributed by atoms with Gasteiger partial charge in [-0.25, -0.2) is 0 Å². The minimum Gasteiger partial charge on any atom is -0.480 e. The minimum absolute atomic E-state index is 0.0990. The van der Waals surface area contributed by atoms with Gasteiger partial charge in [0, 0.05) is 30.7 Å². The van der Waals surface area contributed by atoms with Crippen molar-refractivity contribution in [1.82, 2.24) is 10.2 Å². The van der Waals surface area contributed by atoms with Gasteiger partial charge in [0.1, 0.15) is 6.04 Å². The van der Waals surface area contributed by atoms with Crippen LogP contribution in [0.25, 0.3) is 0 Å². The number of benzene rings is 1. The van der Waals surface area contributed by atoms with Gasteiger partial charge in [0.05, 0.1) is 0 Å². The molecule has 0 saturated carbocycles. The highest BCUT2D eigenvalue weighted by Crippen LogP contribution is 2.28. The third-order valence-electron chi connectivity index (χ3n) is 3.59. The van der Waals surface area contributed by atoms with Gasteiger partial charge in [0.25, 0.3) is 0 Å². The first-order chi connectivity index (χ1) is 9.13. The second-order valence-corrected chi connectivity index (χ2v) is 5.21. The van der Waals surface area contributed by atoms with Gasteiger partial charge in [0.15, 0.2) is 0 Å². The maximum atomic E-state index is 11.4. The van der Waals surface area contributed by atoms with Gasteiger partial charge < -0.3 is 10.4 Å². The molecule has 0 amide bonds. The normalized spacial score (nSPS) is 22.1. The Morgan fingerprint density at radius 2 is 2.42 bits per heavy atom. The summed E-state index contributed by atoms with van der Waals surface area (Å²) in [5.41, 5.74) is 1.09. The molecule has 104 valence electrons. The zero-order chi connectivity index (χ0) is 13.8. The van der Waals surface area contributed by atoms with Crippen LogP contribution < -0.4 is 5.32 Å². The second kappa shape index (κ2) is 6.37. The number of halogens is 1. The van der Waals surface area contributed by atoms with Gasteiger partial charge in [-0.3, -0.25) is 9.69 Å². The summed E-state index contributed by atoms with van der Waals surface area (Å²) in [6, 6.07) is 7.32. The van der Waals surface area contributed by atoms with Crippen LogP contribution in [0.5, 0.6) is 0 Å². The highest BCUT2D eigenvalue weighted by molar-refractivity contribution is 6.30. The number of carboxylic acids is 1. The molecular weight excluding hydrogens is 264 g/mol. The lowest BCUT2D eigenvalue weighted by atomic mass is 9.99. The molecule has 2 N–H and O–H groups in total. The van der Waals surface area contributed by atoms with Crippen molar-refractivity contribution in [3.05, 3.63) is 34.9 Å². The zero-order valence-corrected chi connectivity index (χ0v) is 11.7. The van der Waals surface area contributed by atoms with E-state index in [1.165, 1.54) is 0 Å². The average molecular weight is 283 g/mol. The predicted octanol–water partition coefficient (Wildman–Crippen LogP) is 2.15. The van der Waals surface area contributed by atoms with E-state index in [0.717, 1.165) is 25.1 Å². The van der Waals surface area contributed by atoms with Crippen molar-refractivity contribution in [2.75, 3.05) is 19.6 Å². The SMILES string of the molecule is CCC(c1cccc(Cl)c1)N1CCNCC1C(=O)O. The Morgan fingerprint density at radius 3 is 3.05 bits per heavy atom. The van der Waals surface area contributed by atoms with E-state index in [1.807, 2.05) is 24.3 Å². The van der Waals surface area contributed by atoms with Gasteiger partial charge in [0.2, 0.25) is 0 Å². The number of piperazine rings is 1. The predicted molar refractivity (Wildman–Crippen MR) is 75.5 cm³/mol. The first kappa shape index (κ1) is 14.3. The number of hydrogen-bond donors (Lipinski definition) is 2. The van der Waals surface area contributed by atoms with Crippen LogP contribution in [0.1, 0.15) is 24.9 Å². The van der Waals surface area contributed by atoms with E-state index in [2.05, 4.69) is 17.1 Å². The maximum Gasteiger partial charge on any atom is 0.322 e. The zero-order valence-electron chi connectivity index (χ0n) is 11.0. The number of carboxylic acid groups (broad SMARTS) is 1. The highest BCUT2D eigenvalue weighted by atomic mass is 35.5. The van der Waals surface area contributed by atoms with Crippen molar-refractivity contribution >= 4 is 17.6 Å². The number of rotatable bonds is 4. The quantitative estimate of drug-likeness (QED) is 0.888. The number of carbonyl (C=O) groups is 1. The molecule has 0 radical (unpaired) electrons. The van der Waals surface area contributed by atoms with Gasteiger partial charge in [-0.1, -0.05) is 30.7 Å². The Kier molecular flexibility index (Phi) is 4.80. The lowest BCUT2D eigenvalue weighted by Gasteiger charge is -2.39. The lowest BCUT2D eigenvalue weighted by Crippen LogP contribution is -2.55. The Hall–Kier alpha value is -1.10. The Balaban J connectivity index is 2.26. The molecule has 19 heavy (non-hydrogen) atoms. The molecule has 0 aromatic heterocycles. The molecule has 2 rings (SSSR count). The number of aliphatic carboxylic acids is 1. The van der Waals surface area contributed by atoms with Crippen LogP contribution in [0.4, 0.5) is 0 Å². The third-order valence-corrected chi connectivity index (χ3v) is 3.83. The molecular formula is C14H19ClN2O2. The molecule has 1 aromatic rings. The van der Waals surface area contributed by atoms with Gasteiger partial charge in [-0.2, -0.15) is 0 Å². The van der Waals surface area contributed by atoms with E-state index in [-0.39, 0.29) is 6.04 Å². The van der Waals surface area contributed by atoms with E-state index in [0.29, 0.717) is 11.6 Å². The summed E-state index contributed by atoms with van der Waals surface area (Å²) in [7, 11) is 0. The number of nitrogens with zero attached hydrogens (tertiary/aromatic N) is 1. The van der Waals surface area contributed by atoms with Crippen LogP contribution in [0.3, 0.4) is 0 Å². The summed E-state index contributed by atoms with van der Waals surface area (Å²) in [6.45, 7) is 4.13. The molecule has 5 heteroatoms. The smallest absolute Gasteiger partial charge is 0.322 e. The Morgan fingerprint density at radius 1 is 1.63 bits per heavy atom. The van der Waals surface area contributed by atoms with Crippen LogP contribution in [0.15, 0.2) is 24.3 Å². The fourth-order valence-electron chi connectivity index (χ4n) is 2.70. The van der Waals surface area contributed by atoms with Crippen LogP contribution in [-0.4, -0.2) is 41.7 Å². The first-order valence-electron chi connectivity index (χ1n) is 6.58. The molecule has 1 aliphatic rings. The molecule has 4 nitrogen and oxygen atoms in total. The molecule has 0 spiro atoms. The molecule has 1 saturated heterocycles.